The summed E-state index contributed by atoms with van der Waals surface area (Å²) in [5, 5.41) is 3.81. The number of hydrogen-bond acceptors (Lipinski definition) is 6. The van der Waals surface area contributed by atoms with Gasteiger partial charge in [0.2, 0.25) is 11.7 Å². The first kappa shape index (κ1) is 22.2. The van der Waals surface area contributed by atoms with Crippen LogP contribution in [0.15, 0.2) is 21.5 Å². The maximum absolute atomic E-state index is 12.8. The molecule has 4 heterocycles. The normalized spacial score (nSPS) is 20.1. The molecular weight excluding hydrogens is 410 g/mol. The summed E-state index contributed by atoms with van der Waals surface area (Å²) in [5.74, 6) is 1.04. The van der Waals surface area contributed by atoms with E-state index in [1.807, 2.05) is 18.7 Å². The van der Waals surface area contributed by atoms with Crippen LogP contribution in [0.4, 0.5) is 0 Å². The number of piperidine rings is 2. The third-order valence-corrected chi connectivity index (χ3v) is 6.43. The first-order chi connectivity index (χ1) is 15.3. The Morgan fingerprint density at radius 2 is 1.84 bits per heavy atom. The van der Waals surface area contributed by atoms with Crippen molar-refractivity contribution in [3.05, 3.63) is 45.5 Å². The summed E-state index contributed by atoms with van der Waals surface area (Å²) in [6.07, 6.45) is 3.27. The first-order valence-electron chi connectivity index (χ1n) is 11.4. The van der Waals surface area contributed by atoms with Crippen LogP contribution in [-0.4, -0.2) is 62.9 Å². The number of aryl methyl sites for hydroxylation is 1. The average Bonchev–Trinajstić information content (AvgIpc) is 3.24. The predicted octanol–water partition coefficient (Wildman–Crippen LogP) is 2.45. The van der Waals surface area contributed by atoms with Crippen LogP contribution in [0.1, 0.15) is 79.1 Å². The molecule has 0 radical (unpaired) electrons. The summed E-state index contributed by atoms with van der Waals surface area (Å²) in [6.45, 7) is 8.11. The fourth-order valence-corrected chi connectivity index (χ4v) is 4.66. The van der Waals surface area contributed by atoms with Crippen molar-refractivity contribution in [1.29, 1.82) is 0 Å². The van der Waals surface area contributed by atoms with E-state index in [4.69, 9.17) is 9.51 Å². The van der Waals surface area contributed by atoms with E-state index in [9.17, 15) is 14.4 Å². The Kier molecular flexibility index (Phi) is 6.43. The smallest absolute Gasteiger partial charge is 0.292 e. The average molecular weight is 442 g/mol. The Morgan fingerprint density at radius 3 is 2.50 bits per heavy atom. The van der Waals surface area contributed by atoms with Crippen molar-refractivity contribution < 1.29 is 14.1 Å². The van der Waals surface area contributed by atoms with Crippen molar-refractivity contribution >= 4 is 11.8 Å². The van der Waals surface area contributed by atoms with Gasteiger partial charge in [-0.05, 0) is 32.6 Å². The van der Waals surface area contributed by atoms with E-state index < -0.39 is 0 Å². The zero-order valence-electron chi connectivity index (χ0n) is 19.0. The van der Waals surface area contributed by atoms with Gasteiger partial charge in [0, 0.05) is 56.1 Å². The van der Waals surface area contributed by atoms with Crippen LogP contribution in [0.5, 0.6) is 0 Å². The number of likely N-dealkylation sites (tertiary alicyclic amines) is 2. The van der Waals surface area contributed by atoms with E-state index in [1.54, 1.807) is 24.0 Å². The van der Waals surface area contributed by atoms with Crippen LogP contribution >= 0.6 is 0 Å². The number of aromatic nitrogens is 3. The second-order valence-corrected chi connectivity index (χ2v) is 9.23. The summed E-state index contributed by atoms with van der Waals surface area (Å²) in [5.41, 5.74) is 1.24. The van der Waals surface area contributed by atoms with Gasteiger partial charge in [-0.1, -0.05) is 19.0 Å². The second kappa shape index (κ2) is 9.26. The Balaban J connectivity index is 1.46. The lowest BCUT2D eigenvalue weighted by molar-refractivity contribution is -0.135. The van der Waals surface area contributed by atoms with Gasteiger partial charge in [0.1, 0.15) is 5.82 Å². The Bertz CT molecular complexity index is 1040. The van der Waals surface area contributed by atoms with Crippen molar-refractivity contribution in [2.45, 2.75) is 58.3 Å². The molecule has 2 aliphatic rings. The number of rotatable bonds is 4. The molecule has 32 heavy (non-hydrogen) atoms. The molecule has 9 heteroatoms. The molecule has 1 N–H and O–H groups in total. The summed E-state index contributed by atoms with van der Waals surface area (Å²) < 4.78 is 5.14. The lowest BCUT2D eigenvalue weighted by Crippen LogP contribution is -2.41. The van der Waals surface area contributed by atoms with Gasteiger partial charge < -0.3 is 19.3 Å². The largest absolute Gasteiger partial charge is 0.351 e. The number of amides is 2. The zero-order chi connectivity index (χ0) is 22.8. The summed E-state index contributed by atoms with van der Waals surface area (Å²) >= 11 is 0. The minimum Gasteiger partial charge on any atom is -0.351 e. The highest BCUT2D eigenvalue weighted by Gasteiger charge is 2.30. The third-order valence-electron chi connectivity index (χ3n) is 6.43. The van der Waals surface area contributed by atoms with E-state index in [1.165, 1.54) is 0 Å². The molecule has 2 aliphatic heterocycles. The van der Waals surface area contributed by atoms with Gasteiger partial charge in [-0.3, -0.25) is 14.4 Å². The SMILES string of the molecule is Cc1cc(C(=O)N2CCC[C@@H](c3cc(=O)[nH]c(C4CCN(C(=O)C(C)C)CC4)n3)C2)on1. The fourth-order valence-electron chi connectivity index (χ4n) is 4.66. The lowest BCUT2D eigenvalue weighted by Gasteiger charge is -2.34. The molecule has 2 aromatic rings. The maximum Gasteiger partial charge on any atom is 0.292 e. The highest BCUT2D eigenvalue weighted by molar-refractivity contribution is 5.91. The van der Waals surface area contributed by atoms with Crippen LogP contribution < -0.4 is 5.56 Å². The quantitative estimate of drug-likeness (QED) is 0.780. The van der Waals surface area contributed by atoms with Crippen LogP contribution in [-0.2, 0) is 4.79 Å². The standard InChI is InChI=1S/C23H31N5O4/c1-14(2)22(30)27-9-6-16(7-10-27)21-24-18(12-20(29)25-21)17-5-4-8-28(13-17)23(31)19-11-15(3)26-32-19/h11-12,14,16-17H,4-10,13H2,1-3H3,(H,24,25,29)/t17-/m1/s1. The molecule has 1 atom stereocenters. The van der Waals surface area contributed by atoms with Crippen molar-refractivity contribution in [1.82, 2.24) is 24.9 Å². The third kappa shape index (κ3) is 4.76. The van der Waals surface area contributed by atoms with Gasteiger partial charge in [0.15, 0.2) is 0 Å². The minimum absolute atomic E-state index is 0.000348. The molecule has 4 rings (SSSR count). The van der Waals surface area contributed by atoms with Gasteiger partial charge in [-0.15, -0.1) is 0 Å². The van der Waals surface area contributed by atoms with Crippen molar-refractivity contribution in [2.24, 2.45) is 5.92 Å². The molecule has 0 saturated carbocycles. The topological polar surface area (TPSA) is 112 Å². The predicted molar refractivity (Wildman–Crippen MR) is 117 cm³/mol. The Labute approximate surface area is 187 Å². The van der Waals surface area contributed by atoms with E-state index in [0.717, 1.165) is 31.4 Å². The van der Waals surface area contributed by atoms with E-state index >= 15 is 0 Å². The van der Waals surface area contributed by atoms with Crippen LogP contribution in [0.3, 0.4) is 0 Å². The number of carbonyl (C=O) groups is 2. The summed E-state index contributed by atoms with van der Waals surface area (Å²) in [6, 6.07) is 3.20. The van der Waals surface area contributed by atoms with E-state index in [-0.39, 0.29) is 40.9 Å². The number of aromatic amines is 1. The Morgan fingerprint density at radius 1 is 1.09 bits per heavy atom. The van der Waals surface area contributed by atoms with E-state index in [2.05, 4.69) is 10.1 Å². The monoisotopic (exact) mass is 441 g/mol. The second-order valence-electron chi connectivity index (χ2n) is 9.23. The number of nitrogens with zero attached hydrogens (tertiary/aromatic N) is 4. The Hall–Kier alpha value is -2.97. The molecule has 0 aromatic carbocycles. The molecule has 172 valence electrons. The molecule has 9 nitrogen and oxygen atoms in total. The molecule has 0 spiro atoms. The van der Waals surface area contributed by atoms with Crippen LogP contribution in [0.25, 0.3) is 0 Å². The molecular formula is C23H31N5O4. The van der Waals surface area contributed by atoms with E-state index in [0.29, 0.717) is 37.7 Å². The highest BCUT2D eigenvalue weighted by atomic mass is 16.5. The fraction of sp³-hybridized carbons (Fsp3) is 0.609. The van der Waals surface area contributed by atoms with Crippen LogP contribution in [0.2, 0.25) is 0 Å². The molecule has 2 aromatic heterocycles. The number of hydrogen-bond donors (Lipinski definition) is 1. The van der Waals surface area contributed by atoms with Crippen molar-refractivity contribution in [3.63, 3.8) is 0 Å². The highest BCUT2D eigenvalue weighted by Crippen LogP contribution is 2.29. The summed E-state index contributed by atoms with van der Waals surface area (Å²) in [4.78, 5) is 48.9. The lowest BCUT2D eigenvalue weighted by atomic mass is 9.92. The van der Waals surface area contributed by atoms with Crippen molar-refractivity contribution in [2.75, 3.05) is 26.2 Å². The molecule has 2 saturated heterocycles. The zero-order valence-corrected chi connectivity index (χ0v) is 19.0. The molecule has 0 bridgehead atoms. The van der Waals surface area contributed by atoms with Gasteiger partial charge in [-0.2, -0.15) is 0 Å². The van der Waals surface area contributed by atoms with Crippen molar-refractivity contribution in [3.8, 4) is 0 Å². The van der Waals surface area contributed by atoms with Crippen LogP contribution in [0, 0.1) is 12.8 Å². The molecule has 2 fully saturated rings. The first-order valence-corrected chi connectivity index (χ1v) is 11.4. The summed E-state index contributed by atoms with van der Waals surface area (Å²) in [7, 11) is 0. The number of carbonyl (C=O) groups excluding carboxylic acids is 2. The molecule has 0 unspecified atom stereocenters. The van der Waals surface area contributed by atoms with Gasteiger partial charge in [-0.25, -0.2) is 4.98 Å². The maximum atomic E-state index is 12.8. The van der Waals surface area contributed by atoms with Gasteiger partial charge in [0.05, 0.1) is 11.4 Å². The molecule has 0 aliphatic carbocycles. The number of nitrogens with one attached hydrogen (secondary N) is 1. The molecule has 2 amide bonds. The van der Waals surface area contributed by atoms with Gasteiger partial charge >= 0.3 is 0 Å². The number of H-pyrrole nitrogens is 1. The minimum atomic E-state index is -0.178. The van der Waals surface area contributed by atoms with Gasteiger partial charge in [0.25, 0.3) is 11.5 Å².